The molecule has 0 bridgehead atoms. The summed E-state index contributed by atoms with van der Waals surface area (Å²) in [7, 11) is -4.63. The molecule has 0 radical (unpaired) electrons. The van der Waals surface area contributed by atoms with Crippen LogP contribution in [0.4, 0.5) is 5.69 Å². The van der Waals surface area contributed by atoms with Crippen molar-refractivity contribution in [2.75, 3.05) is 0 Å². The Labute approximate surface area is 104 Å². The van der Waals surface area contributed by atoms with Gasteiger partial charge in [0.2, 0.25) is 10.3 Å². The van der Waals surface area contributed by atoms with Crippen molar-refractivity contribution in [1.29, 1.82) is 0 Å². The molecule has 70 valence electrons. The van der Waals surface area contributed by atoms with Crippen molar-refractivity contribution in [3.63, 3.8) is 0 Å². The van der Waals surface area contributed by atoms with E-state index >= 15 is 0 Å². The summed E-state index contributed by atoms with van der Waals surface area (Å²) >= 11 is 0. The van der Waals surface area contributed by atoms with Gasteiger partial charge in [0.15, 0.2) is 0 Å². The molecule has 0 saturated carbocycles. The minimum atomic E-state index is -4.63. The molecule has 14 heavy (non-hydrogen) atoms. The van der Waals surface area contributed by atoms with Crippen LogP contribution in [0.3, 0.4) is 0 Å². The third-order valence-electron chi connectivity index (χ3n) is 1.26. The average molecular weight is 222 g/mol. The van der Waals surface area contributed by atoms with Gasteiger partial charge in [0.05, 0.1) is 5.69 Å². The molecule has 0 saturated heterocycles. The predicted octanol–water partition coefficient (Wildman–Crippen LogP) is -1.46. The first-order valence-corrected chi connectivity index (χ1v) is 4.79. The van der Waals surface area contributed by atoms with E-state index in [1.54, 1.807) is 18.2 Å². The zero-order valence-corrected chi connectivity index (χ0v) is 10.7. The molecule has 1 aromatic carbocycles. The molecular formula is C7H7N2NaO3S. The molecule has 0 fully saturated rings. The van der Waals surface area contributed by atoms with Crippen molar-refractivity contribution in [1.82, 2.24) is 0 Å². The zero-order chi connectivity index (χ0) is 9.90. The first-order valence-electron chi connectivity index (χ1n) is 3.43. The number of benzene rings is 1. The topological polar surface area (TPSA) is 81.9 Å². The van der Waals surface area contributed by atoms with Gasteiger partial charge in [0.1, 0.15) is 0 Å². The summed E-state index contributed by atoms with van der Waals surface area (Å²) in [5.74, 6) is 0. The third kappa shape index (κ3) is 5.46. The van der Waals surface area contributed by atoms with Gasteiger partial charge in [0, 0.05) is 0 Å². The molecule has 0 N–H and O–H groups in total. The van der Waals surface area contributed by atoms with Crippen molar-refractivity contribution in [3.05, 3.63) is 29.8 Å². The first kappa shape index (κ1) is 13.7. The van der Waals surface area contributed by atoms with Gasteiger partial charge < -0.3 is 4.55 Å². The van der Waals surface area contributed by atoms with Crippen molar-refractivity contribution in [2.45, 2.75) is 6.92 Å². The van der Waals surface area contributed by atoms with Gasteiger partial charge in [-0.2, -0.15) is 0 Å². The second-order valence-electron chi connectivity index (χ2n) is 2.45. The molecule has 1 aromatic rings. The molecule has 0 spiro atoms. The van der Waals surface area contributed by atoms with Gasteiger partial charge in [0.25, 0.3) is 0 Å². The fourth-order valence-corrected chi connectivity index (χ4v) is 0.982. The van der Waals surface area contributed by atoms with Crippen molar-refractivity contribution in [2.24, 2.45) is 9.63 Å². The van der Waals surface area contributed by atoms with Crippen LogP contribution in [0.2, 0.25) is 0 Å². The molecule has 5 nitrogen and oxygen atoms in total. The average Bonchev–Trinajstić information content (AvgIpc) is 2.00. The molecule has 0 aromatic heterocycles. The number of hydrogen-bond donors (Lipinski definition) is 0. The van der Waals surface area contributed by atoms with Crippen LogP contribution in [0, 0.1) is 6.92 Å². The third-order valence-corrected chi connectivity index (χ3v) is 1.54. The Kier molecular flexibility index (Phi) is 5.46. The van der Waals surface area contributed by atoms with Gasteiger partial charge in [-0.05, 0) is 24.6 Å². The van der Waals surface area contributed by atoms with E-state index in [9.17, 15) is 13.0 Å². The van der Waals surface area contributed by atoms with E-state index in [-0.39, 0.29) is 29.6 Å². The molecule has 0 unspecified atom stereocenters. The van der Waals surface area contributed by atoms with Crippen LogP contribution >= 0.6 is 0 Å². The summed E-state index contributed by atoms with van der Waals surface area (Å²) in [4.78, 5) is 0. The summed E-state index contributed by atoms with van der Waals surface area (Å²) in [6.07, 6.45) is 0. The minimum absolute atomic E-state index is 0. The second kappa shape index (κ2) is 5.57. The predicted molar refractivity (Wildman–Crippen MR) is 45.4 cm³/mol. The minimum Gasteiger partial charge on any atom is -0.728 e. The molecule has 0 heterocycles. The van der Waals surface area contributed by atoms with Gasteiger partial charge in [-0.3, -0.25) is 0 Å². The standard InChI is InChI=1S/C7H8N2O3S.Na/c1-6-3-2-4-7(5-6)8-9-13(10,11)12;/h2-5H,1H3,(H,10,11,12);/q;+1/p-1. The zero-order valence-electron chi connectivity index (χ0n) is 7.84. The maximum Gasteiger partial charge on any atom is 1.00 e. The SMILES string of the molecule is Cc1cccc(N=NS(=O)(=O)[O-])c1.[Na+]. The van der Waals surface area contributed by atoms with Gasteiger partial charge >= 0.3 is 29.6 Å². The monoisotopic (exact) mass is 222 g/mol. The number of rotatable bonds is 2. The molecule has 0 aliphatic rings. The quantitative estimate of drug-likeness (QED) is 0.348. The fourth-order valence-electron chi connectivity index (χ4n) is 0.787. The van der Waals surface area contributed by atoms with Crippen LogP contribution in [-0.4, -0.2) is 13.0 Å². The van der Waals surface area contributed by atoms with Gasteiger partial charge in [-0.1, -0.05) is 16.7 Å². The Bertz CT molecular complexity index is 430. The van der Waals surface area contributed by atoms with Crippen LogP contribution in [0.15, 0.2) is 33.9 Å². The van der Waals surface area contributed by atoms with Crippen molar-refractivity contribution in [3.8, 4) is 0 Å². The van der Waals surface area contributed by atoms with E-state index in [1.165, 1.54) is 0 Å². The van der Waals surface area contributed by atoms with Crippen LogP contribution in [0.5, 0.6) is 0 Å². The molecule has 0 atom stereocenters. The number of nitrogens with zero attached hydrogens (tertiary/aromatic N) is 2. The molecule has 0 amide bonds. The van der Waals surface area contributed by atoms with E-state index in [0.29, 0.717) is 5.69 Å². The Morgan fingerprint density at radius 1 is 1.36 bits per heavy atom. The maximum atomic E-state index is 10.1. The van der Waals surface area contributed by atoms with Crippen molar-refractivity contribution < 1.29 is 42.5 Å². The maximum absolute atomic E-state index is 10.1. The molecular weight excluding hydrogens is 215 g/mol. The summed E-state index contributed by atoms with van der Waals surface area (Å²) in [6, 6.07) is 6.70. The summed E-state index contributed by atoms with van der Waals surface area (Å²) in [6.45, 7) is 1.82. The smallest absolute Gasteiger partial charge is 0.728 e. The Balaban J connectivity index is 0.00000169. The molecule has 1 rings (SSSR count). The molecule has 0 aliphatic heterocycles. The largest absolute Gasteiger partial charge is 1.00 e. The van der Waals surface area contributed by atoms with Crippen LogP contribution < -0.4 is 29.6 Å². The fraction of sp³-hybridized carbons (Fsp3) is 0.143. The Hall–Kier alpha value is -0.270. The van der Waals surface area contributed by atoms with Gasteiger partial charge in [-0.15, -0.1) is 5.11 Å². The first-order chi connectivity index (χ1) is 5.97. The Morgan fingerprint density at radius 2 is 2.00 bits per heavy atom. The van der Waals surface area contributed by atoms with E-state index < -0.39 is 10.3 Å². The summed E-state index contributed by atoms with van der Waals surface area (Å²) in [5, 5.41) is 3.26. The van der Waals surface area contributed by atoms with Crippen LogP contribution in [0.1, 0.15) is 5.56 Å². The number of aryl methyl sites for hydroxylation is 1. The molecule has 0 aliphatic carbocycles. The van der Waals surface area contributed by atoms with E-state index in [0.717, 1.165) is 5.56 Å². The van der Waals surface area contributed by atoms with Crippen molar-refractivity contribution >= 4 is 16.0 Å². The Morgan fingerprint density at radius 3 is 2.50 bits per heavy atom. The summed E-state index contributed by atoms with van der Waals surface area (Å²) in [5.41, 5.74) is 1.26. The van der Waals surface area contributed by atoms with Crippen LogP contribution in [0.25, 0.3) is 0 Å². The summed E-state index contributed by atoms with van der Waals surface area (Å²) < 4.78 is 32.8. The second-order valence-corrected chi connectivity index (χ2v) is 3.47. The number of hydrogen-bond acceptors (Lipinski definition) is 4. The van der Waals surface area contributed by atoms with E-state index in [2.05, 4.69) is 9.63 Å². The van der Waals surface area contributed by atoms with Gasteiger partial charge in [-0.25, -0.2) is 8.42 Å². The normalized spacial score (nSPS) is 11.3. The molecule has 7 heteroatoms. The van der Waals surface area contributed by atoms with Crippen LogP contribution in [-0.2, 0) is 10.3 Å². The van der Waals surface area contributed by atoms with E-state index in [4.69, 9.17) is 0 Å². The van der Waals surface area contributed by atoms with E-state index in [1.807, 2.05) is 13.0 Å².